The van der Waals surface area contributed by atoms with Crippen molar-refractivity contribution in [3.63, 3.8) is 0 Å². The summed E-state index contributed by atoms with van der Waals surface area (Å²) in [6.45, 7) is 6.65. The maximum atomic E-state index is 9.28. The van der Waals surface area contributed by atoms with E-state index in [1.54, 1.807) is 11.3 Å². The van der Waals surface area contributed by atoms with Gasteiger partial charge >= 0.3 is 0 Å². The summed E-state index contributed by atoms with van der Waals surface area (Å²) in [5, 5.41) is 14.9. The molecule has 0 bridgehead atoms. The molecule has 3 heteroatoms. The molecule has 0 saturated carbocycles. The van der Waals surface area contributed by atoms with Gasteiger partial charge in [-0.25, -0.2) is 0 Å². The second-order valence-corrected chi connectivity index (χ2v) is 5.16. The zero-order valence-electron chi connectivity index (χ0n) is 9.73. The van der Waals surface area contributed by atoms with Crippen LogP contribution in [0.15, 0.2) is 17.5 Å². The molecule has 0 saturated heterocycles. The van der Waals surface area contributed by atoms with Crippen molar-refractivity contribution in [2.75, 3.05) is 6.61 Å². The van der Waals surface area contributed by atoms with Gasteiger partial charge in [0.1, 0.15) is 0 Å². The number of thiophene rings is 1. The second-order valence-electron chi connectivity index (χ2n) is 4.18. The molecule has 2 atom stereocenters. The molecule has 15 heavy (non-hydrogen) atoms. The van der Waals surface area contributed by atoms with E-state index in [1.807, 2.05) is 0 Å². The quantitative estimate of drug-likeness (QED) is 0.783. The van der Waals surface area contributed by atoms with Gasteiger partial charge in [0.25, 0.3) is 0 Å². The standard InChI is InChI=1S/C12H21NOS/c1-4-10(12-6-5-7-15-12)13-11(8-14)9(2)3/h5-7,9-11,13-14H,4,8H2,1-3H3. The van der Waals surface area contributed by atoms with Crippen LogP contribution in [0.5, 0.6) is 0 Å². The molecule has 0 aliphatic rings. The Morgan fingerprint density at radius 1 is 1.47 bits per heavy atom. The van der Waals surface area contributed by atoms with Crippen LogP contribution in [0.4, 0.5) is 0 Å². The van der Waals surface area contributed by atoms with Crippen LogP contribution in [0.1, 0.15) is 38.1 Å². The molecule has 1 rings (SSSR count). The van der Waals surface area contributed by atoms with Crippen molar-refractivity contribution >= 4 is 11.3 Å². The van der Waals surface area contributed by atoms with Gasteiger partial charge in [-0.15, -0.1) is 11.3 Å². The average molecular weight is 227 g/mol. The molecule has 0 spiro atoms. The Morgan fingerprint density at radius 3 is 2.60 bits per heavy atom. The fraction of sp³-hybridized carbons (Fsp3) is 0.667. The molecule has 2 N–H and O–H groups in total. The van der Waals surface area contributed by atoms with E-state index in [2.05, 4.69) is 43.6 Å². The van der Waals surface area contributed by atoms with Gasteiger partial charge in [-0.3, -0.25) is 0 Å². The number of rotatable bonds is 6. The second kappa shape index (κ2) is 6.26. The Morgan fingerprint density at radius 2 is 2.20 bits per heavy atom. The van der Waals surface area contributed by atoms with Gasteiger partial charge < -0.3 is 10.4 Å². The van der Waals surface area contributed by atoms with Crippen molar-refractivity contribution in [3.05, 3.63) is 22.4 Å². The van der Waals surface area contributed by atoms with Crippen LogP contribution >= 0.6 is 11.3 Å². The molecule has 0 aromatic carbocycles. The third-order valence-electron chi connectivity index (χ3n) is 2.71. The zero-order valence-corrected chi connectivity index (χ0v) is 10.6. The van der Waals surface area contributed by atoms with Crippen LogP contribution in [-0.4, -0.2) is 17.8 Å². The number of hydrogen-bond acceptors (Lipinski definition) is 3. The fourth-order valence-corrected chi connectivity index (χ4v) is 2.48. The molecule has 0 fully saturated rings. The Labute approximate surface area is 96.3 Å². The first-order valence-corrected chi connectivity index (χ1v) is 6.47. The van der Waals surface area contributed by atoms with Crippen molar-refractivity contribution in [2.24, 2.45) is 5.92 Å². The first-order chi connectivity index (χ1) is 7.19. The number of aliphatic hydroxyl groups is 1. The highest BCUT2D eigenvalue weighted by Crippen LogP contribution is 2.23. The van der Waals surface area contributed by atoms with Gasteiger partial charge in [-0.1, -0.05) is 26.8 Å². The topological polar surface area (TPSA) is 32.3 Å². The normalized spacial score (nSPS) is 15.5. The first kappa shape index (κ1) is 12.7. The monoisotopic (exact) mass is 227 g/mol. The molecule has 1 aromatic heterocycles. The summed E-state index contributed by atoms with van der Waals surface area (Å²) in [6, 6.07) is 4.80. The summed E-state index contributed by atoms with van der Waals surface area (Å²) >= 11 is 1.78. The Bertz CT molecular complexity index is 259. The molecule has 0 aliphatic heterocycles. The highest BCUT2D eigenvalue weighted by Gasteiger charge is 2.18. The Hall–Kier alpha value is -0.380. The van der Waals surface area contributed by atoms with Gasteiger partial charge in [-0.05, 0) is 23.8 Å². The van der Waals surface area contributed by atoms with Crippen molar-refractivity contribution in [1.82, 2.24) is 5.32 Å². The van der Waals surface area contributed by atoms with E-state index in [-0.39, 0.29) is 12.6 Å². The fourth-order valence-electron chi connectivity index (χ4n) is 1.61. The van der Waals surface area contributed by atoms with Gasteiger partial charge in [-0.2, -0.15) is 0 Å². The van der Waals surface area contributed by atoms with Crippen LogP contribution < -0.4 is 5.32 Å². The summed E-state index contributed by atoms with van der Waals surface area (Å²) in [4.78, 5) is 1.36. The minimum atomic E-state index is 0.192. The summed E-state index contributed by atoms with van der Waals surface area (Å²) in [5.41, 5.74) is 0. The number of aliphatic hydroxyl groups excluding tert-OH is 1. The third kappa shape index (κ3) is 3.59. The summed E-state index contributed by atoms with van der Waals surface area (Å²) in [6.07, 6.45) is 1.06. The van der Waals surface area contributed by atoms with Gasteiger partial charge in [0, 0.05) is 17.0 Å². The van der Waals surface area contributed by atoms with Crippen LogP contribution in [0.2, 0.25) is 0 Å². The zero-order chi connectivity index (χ0) is 11.3. The predicted molar refractivity (Wildman–Crippen MR) is 66.2 cm³/mol. The molecule has 0 amide bonds. The molecular formula is C12H21NOS. The van der Waals surface area contributed by atoms with Crippen molar-refractivity contribution < 1.29 is 5.11 Å². The van der Waals surface area contributed by atoms with E-state index in [9.17, 15) is 5.11 Å². The number of nitrogens with one attached hydrogen (secondary N) is 1. The van der Waals surface area contributed by atoms with Crippen molar-refractivity contribution in [3.8, 4) is 0 Å². The van der Waals surface area contributed by atoms with E-state index in [0.29, 0.717) is 12.0 Å². The molecule has 2 unspecified atom stereocenters. The lowest BCUT2D eigenvalue weighted by Crippen LogP contribution is -2.39. The molecule has 1 heterocycles. The Kier molecular flexibility index (Phi) is 5.29. The largest absolute Gasteiger partial charge is 0.395 e. The van der Waals surface area contributed by atoms with E-state index >= 15 is 0 Å². The molecule has 2 nitrogen and oxygen atoms in total. The van der Waals surface area contributed by atoms with E-state index in [1.165, 1.54) is 4.88 Å². The summed E-state index contributed by atoms with van der Waals surface area (Å²) in [5.74, 6) is 0.462. The van der Waals surface area contributed by atoms with Gasteiger partial charge in [0.15, 0.2) is 0 Å². The molecule has 86 valence electrons. The summed E-state index contributed by atoms with van der Waals surface area (Å²) < 4.78 is 0. The molecule has 0 aliphatic carbocycles. The highest BCUT2D eigenvalue weighted by atomic mass is 32.1. The lowest BCUT2D eigenvalue weighted by Gasteiger charge is -2.25. The van der Waals surface area contributed by atoms with E-state index in [4.69, 9.17) is 0 Å². The smallest absolute Gasteiger partial charge is 0.0587 e. The van der Waals surface area contributed by atoms with Crippen LogP contribution in [0.3, 0.4) is 0 Å². The molecule has 1 aromatic rings. The maximum absolute atomic E-state index is 9.28. The van der Waals surface area contributed by atoms with E-state index < -0.39 is 0 Å². The lowest BCUT2D eigenvalue weighted by molar-refractivity contribution is 0.198. The van der Waals surface area contributed by atoms with Crippen LogP contribution in [-0.2, 0) is 0 Å². The molecule has 0 radical (unpaired) electrons. The SMILES string of the molecule is CCC(NC(CO)C(C)C)c1cccs1. The highest BCUT2D eigenvalue weighted by molar-refractivity contribution is 7.10. The average Bonchev–Trinajstić information content (AvgIpc) is 2.72. The predicted octanol–water partition coefficient (Wildman–Crippen LogP) is 2.81. The molecular weight excluding hydrogens is 206 g/mol. The van der Waals surface area contributed by atoms with E-state index in [0.717, 1.165) is 6.42 Å². The first-order valence-electron chi connectivity index (χ1n) is 5.59. The minimum Gasteiger partial charge on any atom is -0.395 e. The van der Waals surface area contributed by atoms with Crippen molar-refractivity contribution in [1.29, 1.82) is 0 Å². The van der Waals surface area contributed by atoms with Crippen LogP contribution in [0, 0.1) is 5.92 Å². The van der Waals surface area contributed by atoms with Gasteiger partial charge in [0.05, 0.1) is 6.61 Å². The summed E-state index contributed by atoms with van der Waals surface area (Å²) in [7, 11) is 0. The Balaban J connectivity index is 2.60. The minimum absolute atomic E-state index is 0.192. The third-order valence-corrected chi connectivity index (χ3v) is 3.70. The number of hydrogen-bond donors (Lipinski definition) is 2. The van der Waals surface area contributed by atoms with Crippen molar-refractivity contribution in [2.45, 2.75) is 39.3 Å². The maximum Gasteiger partial charge on any atom is 0.0587 e. The van der Waals surface area contributed by atoms with Gasteiger partial charge in [0.2, 0.25) is 0 Å². The van der Waals surface area contributed by atoms with Crippen LogP contribution in [0.25, 0.3) is 0 Å². The lowest BCUT2D eigenvalue weighted by atomic mass is 10.0.